The van der Waals surface area contributed by atoms with Crippen molar-refractivity contribution in [1.82, 2.24) is 0 Å². The lowest BCUT2D eigenvalue weighted by Gasteiger charge is -2.18. The molecule has 12 heavy (non-hydrogen) atoms. The van der Waals surface area contributed by atoms with Gasteiger partial charge in [0.05, 0.1) is 0 Å². The van der Waals surface area contributed by atoms with Gasteiger partial charge in [-0.05, 0) is 37.3 Å². The molecule has 0 atom stereocenters. The molecule has 1 aliphatic rings. The van der Waals surface area contributed by atoms with Gasteiger partial charge < -0.3 is 0 Å². The van der Waals surface area contributed by atoms with E-state index in [4.69, 9.17) is 11.6 Å². The first-order chi connectivity index (χ1) is 5.55. The molecule has 0 aromatic rings. The van der Waals surface area contributed by atoms with Crippen LogP contribution in [0, 0.1) is 0 Å². The molecule has 0 heterocycles. The van der Waals surface area contributed by atoms with Gasteiger partial charge in [0.2, 0.25) is 0 Å². The average Bonchev–Trinajstić information content (AvgIpc) is 2.06. The first kappa shape index (κ1) is 9.65. The highest BCUT2D eigenvalue weighted by Gasteiger charge is 2.41. The summed E-state index contributed by atoms with van der Waals surface area (Å²) in [6, 6.07) is 0. The first-order valence-corrected chi connectivity index (χ1v) is 4.20. The van der Waals surface area contributed by atoms with Crippen LogP contribution in [-0.4, -0.2) is 11.2 Å². The third-order valence-electron chi connectivity index (χ3n) is 1.94. The summed E-state index contributed by atoms with van der Waals surface area (Å²) in [6.07, 6.45) is 3.95. The number of carbonyl (C=O) groups excluding carboxylic acids is 1. The van der Waals surface area contributed by atoms with E-state index >= 15 is 0 Å². The lowest BCUT2D eigenvalue weighted by molar-refractivity contribution is -0.129. The molecule has 0 aromatic heterocycles. The smallest absolute Gasteiger partial charge is 0.274 e. The Bertz CT molecular complexity index is 223. The highest BCUT2D eigenvalue weighted by molar-refractivity contribution is 6.65. The van der Waals surface area contributed by atoms with E-state index in [0.717, 1.165) is 6.42 Å². The maximum Gasteiger partial charge on any atom is 0.341 e. The zero-order valence-corrected chi connectivity index (χ0v) is 7.20. The third kappa shape index (κ3) is 1.83. The number of hydrogen-bond donors (Lipinski definition) is 0. The van der Waals surface area contributed by atoms with Crippen LogP contribution in [0.5, 0.6) is 0 Å². The molecule has 0 radical (unpaired) electrons. The summed E-state index contributed by atoms with van der Waals surface area (Å²) in [4.78, 5) is 10.3. The zero-order valence-electron chi connectivity index (χ0n) is 6.45. The first-order valence-electron chi connectivity index (χ1n) is 3.82. The highest BCUT2D eigenvalue weighted by atomic mass is 35.5. The fraction of sp³-hybridized carbons (Fsp3) is 0.625. The minimum absolute atomic E-state index is 0.117. The molecule has 0 fully saturated rings. The Kier molecular flexibility index (Phi) is 2.83. The number of allylic oxidation sites excluding steroid dienone is 2. The van der Waals surface area contributed by atoms with Crippen molar-refractivity contribution in [3.8, 4) is 0 Å². The molecule has 0 aromatic carbocycles. The van der Waals surface area contributed by atoms with Crippen molar-refractivity contribution in [2.45, 2.75) is 31.6 Å². The molecule has 1 nitrogen and oxygen atoms in total. The van der Waals surface area contributed by atoms with Crippen molar-refractivity contribution in [3.05, 3.63) is 11.6 Å². The Morgan fingerprint density at radius 3 is 2.58 bits per heavy atom. The molecule has 68 valence electrons. The van der Waals surface area contributed by atoms with Crippen molar-refractivity contribution in [2.75, 3.05) is 0 Å². The van der Waals surface area contributed by atoms with Crippen LogP contribution in [0.3, 0.4) is 0 Å². The summed E-state index contributed by atoms with van der Waals surface area (Å²) < 4.78 is 25.8. The van der Waals surface area contributed by atoms with Crippen LogP contribution in [0.25, 0.3) is 0 Å². The van der Waals surface area contributed by atoms with Crippen LogP contribution in [0.2, 0.25) is 0 Å². The van der Waals surface area contributed by atoms with Gasteiger partial charge in [-0.15, -0.1) is 0 Å². The topological polar surface area (TPSA) is 17.1 Å². The van der Waals surface area contributed by atoms with Gasteiger partial charge in [0.15, 0.2) is 0 Å². The van der Waals surface area contributed by atoms with Crippen molar-refractivity contribution in [3.63, 3.8) is 0 Å². The quantitative estimate of drug-likeness (QED) is 0.488. The lowest BCUT2D eigenvalue weighted by atomic mass is 9.95. The summed E-state index contributed by atoms with van der Waals surface area (Å²) >= 11 is 4.77. The maximum absolute atomic E-state index is 12.9. The molecule has 0 amide bonds. The average molecular weight is 195 g/mol. The monoisotopic (exact) mass is 194 g/mol. The summed E-state index contributed by atoms with van der Waals surface area (Å²) in [6.45, 7) is 0. The van der Waals surface area contributed by atoms with Gasteiger partial charge in [0.1, 0.15) is 0 Å². The fourth-order valence-corrected chi connectivity index (χ4v) is 1.37. The molecular weight excluding hydrogens is 186 g/mol. The van der Waals surface area contributed by atoms with E-state index in [9.17, 15) is 13.6 Å². The van der Waals surface area contributed by atoms with Crippen molar-refractivity contribution < 1.29 is 13.6 Å². The number of alkyl halides is 2. The van der Waals surface area contributed by atoms with E-state index in [-0.39, 0.29) is 12.0 Å². The summed E-state index contributed by atoms with van der Waals surface area (Å²) in [5.74, 6) is -3.44. The predicted molar refractivity (Wildman–Crippen MR) is 42.4 cm³/mol. The lowest BCUT2D eigenvalue weighted by Crippen LogP contribution is -2.27. The van der Waals surface area contributed by atoms with Crippen molar-refractivity contribution in [2.24, 2.45) is 0 Å². The zero-order chi connectivity index (χ0) is 9.19. The largest absolute Gasteiger partial charge is 0.341 e. The van der Waals surface area contributed by atoms with Crippen LogP contribution >= 0.6 is 11.6 Å². The van der Waals surface area contributed by atoms with Crippen molar-refractivity contribution in [1.29, 1.82) is 0 Å². The van der Waals surface area contributed by atoms with Gasteiger partial charge >= 0.3 is 5.92 Å². The Balaban J connectivity index is 2.79. The molecule has 0 aliphatic heterocycles. The van der Waals surface area contributed by atoms with Gasteiger partial charge in [0.25, 0.3) is 5.24 Å². The van der Waals surface area contributed by atoms with E-state index in [0.29, 0.717) is 12.8 Å². The molecule has 0 N–H and O–H groups in total. The fourth-order valence-electron chi connectivity index (χ4n) is 1.25. The van der Waals surface area contributed by atoms with Gasteiger partial charge in [-0.3, -0.25) is 4.79 Å². The van der Waals surface area contributed by atoms with E-state index in [1.165, 1.54) is 6.08 Å². The Labute approximate surface area is 74.4 Å². The Morgan fingerprint density at radius 1 is 1.50 bits per heavy atom. The summed E-state index contributed by atoms with van der Waals surface area (Å²) in [7, 11) is 0. The molecular formula is C8H9ClF2O. The second-order valence-electron chi connectivity index (χ2n) is 2.82. The Morgan fingerprint density at radius 2 is 2.17 bits per heavy atom. The number of carbonyl (C=O) groups is 1. The minimum atomic E-state index is -3.44. The van der Waals surface area contributed by atoms with Crippen molar-refractivity contribution >= 4 is 16.8 Å². The van der Waals surface area contributed by atoms with Crippen LogP contribution < -0.4 is 0 Å². The van der Waals surface area contributed by atoms with Crippen LogP contribution in [0.4, 0.5) is 8.78 Å². The predicted octanol–water partition coefficient (Wildman–Crippen LogP) is 2.89. The van der Waals surface area contributed by atoms with Crippen LogP contribution in [0.15, 0.2) is 11.6 Å². The summed E-state index contributed by atoms with van der Waals surface area (Å²) in [5.41, 5.74) is -0.117. The van der Waals surface area contributed by atoms with E-state index in [1.807, 2.05) is 0 Å². The second-order valence-corrected chi connectivity index (χ2v) is 3.17. The minimum Gasteiger partial charge on any atom is -0.274 e. The molecule has 0 bridgehead atoms. The summed E-state index contributed by atoms with van der Waals surface area (Å²) in [5, 5.41) is -1.57. The number of halogens is 3. The van der Waals surface area contributed by atoms with Crippen LogP contribution in [-0.2, 0) is 4.79 Å². The van der Waals surface area contributed by atoms with Gasteiger partial charge in [-0.2, -0.15) is 8.78 Å². The molecule has 0 spiro atoms. The normalized spacial score (nSPS) is 18.8. The number of rotatable bonds is 2. The van der Waals surface area contributed by atoms with Gasteiger partial charge in [-0.25, -0.2) is 0 Å². The third-order valence-corrected chi connectivity index (χ3v) is 2.18. The maximum atomic E-state index is 12.9. The SMILES string of the molecule is O=C(Cl)C(F)(F)C1=CCCCC1. The van der Waals surface area contributed by atoms with Gasteiger partial charge in [0, 0.05) is 5.57 Å². The van der Waals surface area contributed by atoms with Gasteiger partial charge in [-0.1, -0.05) is 6.08 Å². The van der Waals surface area contributed by atoms with E-state index < -0.39 is 11.2 Å². The second kappa shape index (κ2) is 3.52. The van der Waals surface area contributed by atoms with E-state index in [2.05, 4.69) is 0 Å². The molecule has 0 unspecified atom stereocenters. The number of hydrogen-bond acceptors (Lipinski definition) is 1. The molecule has 0 saturated carbocycles. The van der Waals surface area contributed by atoms with Crippen LogP contribution in [0.1, 0.15) is 25.7 Å². The standard InChI is InChI=1S/C8H9ClF2O/c9-7(12)8(10,11)6-4-2-1-3-5-6/h4H,1-3,5H2. The van der Waals surface area contributed by atoms with E-state index in [1.54, 1.807) is 0 Å². The molecule has 0 saturated heterocycles. The Hall–Kier alpha value is -0.440. The molecule has 4 heteroatoms. The molecule has 1 rings (SSSR count). The highest BCUT2D eigenvalue weighted by Crippen LogP contribution is 2.33. The molecule has 1 aliphatic carbocycles.